The number of anilines is 3. The van der Waals surface area contributed by atoms with Gasteiger partial charge in [-0.2, -0.15) is 0 Å². The molecule has 0 heterocycles. The van der Waals surface area contributed by atoms with Crippen LogP contribution in [-0.2, 0) is 21.7 Å². The number of hydrogen-bond acceptors (Lipinski definition) is 1. The summed E-state index contributed by atoms with van der Waals surface area (Å²) in [6.45, 7) is 23.6. The first-order valence-electron chi connectivity index (χ1n) is 20.7. The summed E-state index contributed by atoms with van der Waals surface area (Å²) in [6.07, 6.45) is 0. The Labute approximate surface area is 341 Å². The molecule has 0 aromatic heterocycles. The number of fused-ring (bicyclic) bond motifs is 6. The van der Waals surface area contributed by atoms with Crippen LogP contribution in [0.25, 0.3) is 44.5 Å². The monoisotopic (exact) mass is 741 g/mol. The first kappa shape index (κ1) is 36.9. The molecule has 0 bridgehead atoms. The third-order valence-corrected chi connectivity index (χ3v) is 13.0. The van der Waals surface area contributed by atoms with Gasteiger partial charge in [-0.05, 0) is 113 Å². The van der Waals surface area contributed by atoms with Gasteiger partial charge < -0.3 is 4.90 Å². The Kier molecular flexibility index (Phi) is 8.38. The summed E-state index contributed by atoms with van der Waals surface area (Å²) >= 11 is 0. The summed E-state index contributed by atoms with van der Waals surface area (Å²) in [5.41, 5.74) is 21.9. The third-order valence-electron chi connectivity index (χ3n) is 13.0. The molecule has 0 unspecified atom stereocenters. The Hall–Kier alpha value is -5.66. The van der Waals surface area contributed by atoms with Crippen LogP contribution in [0.4, 0.5) is 17.1 Å². The van der Waals surface area contributed by atoms with Gasteiger partial charge in [0, 0.05) is 27.8 Å². The van der Waals surface area contributed by atoms with Gasteiger partial charge in [0.25, 0.3) is 0 Å². The second kappa shape index (κ2) is 12.9. The van der Waals surface area contributed by atoms with Gasteiger partial charge in [0.05, 0.1) is 5.69 Å². The maximum atomic E-state index is 2.55. The molecule has 0 saturated carbocycles. The average molecular weight is 742 g/mol. The van der Waals surface area contributed by atoms with Crippen LogP contribution >= 0.6 is 0 Å². The number of benzene rings is 7. The Morgan fingerprint density at radius 1 is 0.368 bits per heavy atom. The molecule has 0 saturated heterocycles. The minimum absolute atomic E-state index is 0.0474. The van der Waals surface area contributed by atoms with Gasteiger partial charge in [0.2, 0.25) is 0 Å². The van der Waals surface area contributed by atoms with E-state index in [-0.39, 0.29) is 21.7 Å². The Morgan fingerprint density at radius 3 is 1.47 bits per heavy atom. The Morgan fingerprint density at radius 2 is 0.842 bits per heavy atom. The second-order valence-corrected chi connectivity index (χ2v) is 19.5. The largest absolute Gasteiger partial charge is 0.310 e. The smallest absolute Gasteiger partial charge is 0.0546 e. The fraction of sp³-hybridized carbons (Fsp3) is 0.250. The molecule has 1 nitrogen and oxygen atoms in total. The van der Waals surface area contributed by atoms with E-state index in [1.54, 1.807) is 0 Å². The van der Waals surface area contributed by atoms with Gasteiger partial charge in [-0.15, -0.1) is 0 Å². The molecule has 9 rings (SSSR count). The lowest BCUT2D eigenvalue weighted by atomic mass is 9.77. The van der Waals surface area contributed by atoms with Gasteiger partial charge >= 0.3 is 0 Å². The van der Waals surface area contributed by atoms with Crippen molar-refractivity contribution in [3.63, 3.8) is 0 Å². The van der Waals surface area contributed by atoms with Crippen LogP contribution in [0.3, 0.4) is 0 Å². The molecule has 0 amide bonds. The Balaban J connectivity index is 1.25. The predicted octanol–water partition coefficient (Wildman–Crippen LogP) is 15.7. The molecular formula is C56H55N. The fourth-order valence-electron chi connectivity index (χ4n) is 9.45. The zero-order valence-electron chi connectivity index (χ0n) is 35.4. The van der Waals surface area contributed by atoms with Crippen molar-refractivity contribution in [2.75, 3.05) is 4.90 Å². The highest BCUT2D eigenvalue weighted by Crippen LogP contribution is 2.57. The highest BCUT2D eigenvalue weighted by Gasteiger charge is 2.41. The SMILES string of the molecule is CC(C)(C)c1ccc2c(c1)C(C)(C)c1cc(C(C)(C)C)cc(N(c3ccc(-c4ccc(-c5ccccc5)cc4)cc3)c3ccc4c(c3)C(C)(C)c3ccccc3-4)c1-2. The number of nitrogens with zero attached hydrogens (tertiary/aromatic N) is 1. The van der Waals surface area contributed by atoms with Crippen molar-refractivity contribution in [2.45, 2.75) is 90.9 Å². The van der Waals surface area contributed by atoms with Crippen LogP contribution in [0.2, 0.25) is 0 Å². The fourth-order valence-corrected chi connectivity index (χ4v) is 9.45. The van der Waals surface area contributed by atoms with Gasteiger partial charge in [-0.3, -0.25) is 0 Å². The van der Waals surface area contributed by atoms with Gasteiger partial charge in [0.15, 0.2) is 0 Å². The average Bonchev–Trinajstić information content (AvgIpc) is 3.57. The molecule has 0 spiro atoms. The first-order chi connectivity index (χ1) is 27.0. The lowest BCUT2D eigenvalue weighted by molar-refractivity contribution is 0.580. The third kappa shape index (κ3) is 6.06. The lowest BCUT2D eigenvalue weighted by Gasteiger charge is -2.33. The number of rotatable bonds is 5. The molecule has 2 aliphatic carbocycles. The molecule has 7 aromatic rings. The van der Waals surface area contributed by atoms with E-state index in [1.807, 2.05) is 0 Å². The van der Waals surface area contributed by atoms with Gasteiger partial charge in [-0.25, -0.2) is 0 Å². The minimum Gasteiger partial charge on any atom is -0.310 e. The van der Waals surface area contributed by atoms with E-state index in [9.17, 15) is 0 Å². The normalized spacial score (nSPS) is 14.8. The zero-order valence-corrected chi connectivity index (χ0v) is 35.4. The molecule has 7 aromatic carbocycles. The van der Waals surface area contributed by atoms with Crippen LogP contribution in [0.1, 0.15) is 103 Å². The van der Waals surface area contributed by atoms with Crippen molar-refractivity contribution in [3.8, 4) is 44.5 Å². The zero-order chi connectivity index (χ0) is 40.1. The van der Waals surface area contributed by atoms with Crippen molar-refractivity contribution in [1.82, 2.24) is 0 Å². The summed E-state index contributed by atoms with van der Waals surface area (Å²) in [5, 5.41) is 0. The summed E-state index contributed by atoms with van der Waals surface area (Å²) in [4.78, 5) is 2.55. The standard InChI is InChI=1S/C56H55N/c1-53(2,3)40-26-30-46-48(32-40)56(9,10)50-33-41(54(4,5)6)34-51(52(46)50)57(43-29-31-45-44-18-14-15-19-47(44)55(7,8)49(45)35-43)42-27-24-39(25-28-42)38-22-20-37(21-23-38)36-16-12-11-13-17-36/h11-35H,1-10H3. The highest BCUT2D eigenvalue weighted by molar-refractivity contribution is 5.96. The first-order valence-corrected chi connectivity index (χ1v) is 20.7. The second-order valence-electron chi connectivity index (χ2n) is 19.5. The van der Waals surface area contributed by atoms with E-state index in [0.29, 0.717) is 0 Å². The van der Waals surface area contributed by atoms with E-state index in [0.717, 1.165) is 5.69 Å². The van der Waals surface area contributed by atoms with E-state index in [2.05, 4.69) is 226 Å². The molecule has 0 N–H and O–H groups in total. The summed E-state index contributed by atoms with van der Waals surface area (Å²) in [6, 6.07) is 57.3. The molecular weight excluding hydrogens is 687 g/mol. The molecule has 0 atom stereocenters. The molecule has 2 aliphatic rings. The van der Waals surface area contributed by atoms with Crippen molar-refractivity contribution in [3.05, 3.63) is 185 Å². The van der Waals surface area contributed by atoms with Crippen LogP contribution in [0.5, 0.6) is 0 Å². The predicted molar refractivity (Wildman–Crippen MR) is 245 cm³/mol. The van der Waals surface area contributed by atoms with Crippen LogP contribution in [0, 0.1) is 0 Å². The van der Waals surface area contributed by atoms with Crippen LogP contribution in [0.15, 0.2) is 152 Å². The molecule has 0 fully saturated rings. The van der Waals surface area contributed by atoms with Crippen LogP contribution in [-0.4, -0.2) is 0 Å². The van der Waals surface area contributed by atoms with Crippen LogP contribution < -0.4 is 4.90 Å². The van der Waals surface area contributed by atoms with Crippen molar-refractivity contribution >= 4 is 17.1 Å². The molecule has 0 aliphatic heterocycles. The quantitative estimate of drug-likeness (QED) is 0.170. The molecule has 1 heteroatoms. The summed E-state index contributed by atoms with van der Waals surface area (Å²) in [5.74, 6) is 0. The molecule has 0 radical (unpaired) electrons. The summed E-state index contributed by atoms with van der Waals surface area (Å²) < 4.78 is 0. The Bertz CT molecular complexity index is 2660. The maximum absolute atomic E-state index is 2.55. The van der Waals surface area contributed by atoms with E-state index < -0.39 is 0 Å². The van der Waals surface area contributed by atoms with Crippen molar-refractivity contribution < 1.29 is 0 Å². The topological polar surface area (TPSA) is 3.24 Å². The van der Waals surface area contributed by atoms with Crippen molar-refractivity contribution in [2.24, 2.45) is 0 Å². The van der Waals surface area contributed by atoms with Gasteiger partial charge in [-0.1, -0.05) is 191 Å². The molecule has 57 heavy (non-hydrogen) atoms. The molecule has 284 valence electrons. The van der Waals surface area contributed by atoms with Crippen molar-refractivity contribution in [1.29, 1.82) is 0 Å². The van der Waals surface area contributed by atoms with E-state index >= 15 is 0 Å². The minimum atomic E-state index is -0.162. The lowest BCUT2D eigenvalue weighted by Crippen LogP contribution is -2.20. The van der Waals surface area contributed by atoms with E-state index in [4.69, 9.17) is 0 Å². The van der Waals surface area contributed by atoms with Gasteiger partial charge in [0.1, 0.15) is 0 Å². The van der Waals surface area contributed by atoms with E-state index in [1.165, 1.54) is 89.3 Å². The maximum Gasteiger partial charge on any atom is 0.0546 e. The summed E-state index contributed by atoms with van der Waals surface area (Å²) in [7, 11) is 0. The highest BCUT2D eigenvalue weighted by atomic mass is 15.1. The number of hydrogen-bond donors (Lipinski definition) is 0.